The van der Waals surface area contributed by atoms with Crippen molar-refractivity contribution in [3.63, 3.8) is 0 Å². The van der Waals surface area contributed by atoms with Gasteiger partial charge in [0.05, 0.1) is 5.69 Å². The fourth-order valence-corrected chi connectivity index (χ4v) is 5.82. The van der Waals surface area contributed by atoms with E-state index in [-0.39, 0.29) is 5.91 Å². The molecule has 0 saturated carbocycles. The van der Waals surface area contributed by atoms with Gasteiger partial charge in [-0.25, -0.2) is 4.68 Å². The van der Waals surface area contributed by atoms with E-state index in [1.165, 1.54) is 23.3 Å². The SMILES string of the molecule is CC1CCCN(C(=O)c2ccc(-n3nc(SCc4ccccc4)sc3=S)cc2)C1. The van der Waals surface area contributed by atoms with Crippen molar-refractivity contribution in [3.05, 3.63) is 69.7 Å². The zero-order valence-corrected chi connectivity index (χ0v) is 18.7. The van der Waals surface area contributed by atoms with Gasteiger partial charge in [0.1, 0.15) is 0 Å². The van der Waals surface area contributed by atoms with Gasteiger partial charge in [0.25, 0.3) is 5.91 Å². The van der Waals surface area contributed by atoms with Crippen molar-refractivity contribution in [2.24, 2.45) is 5.92 Å². The number of piperidine rings is 1. The van der Waals surface area contributed by atoms with Crippen LogP contribution in [0, 0.1) is 9.87 Å². The van der Waals surface area contributed by atoms with Crippen LogP contribution in [-0.2, 0) is 5.75 Å². The summed E-state index contributed by atoms with van der Waals surface area (Å²) in [5, 5.41) is 4.67. The van der Waals surface area contributed by atoms with Crippen molar-refractivity contribution < 1.29 is 4.79 Å². The third-order valence-corrected chi connectivity index (χ3v) is 7.47. The van der Waals surface area contributed by atoms with E-state index in [2.05, 4.69) is 24.2 Å². The van der Waals surface area contributed by atoms with Crippen LogP contribution in [0.3, 0.4) is 0 Å². The fourth-order valence-electron chi connectivity index (χ4n) is 3.50. The third-order valence-electron chi connectivity index (χ3n) is 5.04. The van der Waals surface area contributed by atoms with Crippen LogP contribution >= 0.6 is 35.3 Å². The Morgan fingerprint density at radius 3 is 2.69 bits per heavy atom. The smallest absolute Gasteiger partial charge is 0.253 e. The van der Waals surface area contributed by atoms with Crippen LogP contribution in [-0.4, -0.2) is 33.7 Å². The highest BCUT2D eigenvalue weighted by Crippen LogP contribution is 2.27. The average molecular weight is 442 g/mol. The Labute approximate surface area is 184 Å². The van der Waals surface area contributed by atoms with Gasteiger partial charge in [-0.2, -0.15) is 0 Å². The van der Waals surface area contributed by atoms with Crippen LogP contribution < -0.4 is 0 Å². The lowest BCUT2D eigenvalue weighted by Crippen LogP contribution is -2.39. The van der Waals surface area contributed by atoms with Gasteiger partial charge in [0, 0.05) is 24.4 Å². The second-order valence-electron chi connectivity index (χ2n) is 7.37. The highest BCUT2D eigenvalue weighted by atomic mass is 32.2. The van der Waals surface area contributed by atoms with E-state index in [1.807, 2.05) is 47.4 Å². The molecule has 1 aliphatic heterocycles. The number of carbonyl (C=O) groups excluding carboxylic acids is 1. The summed E-state index contributed by atoms with van der Waals surface area (Å²) >= 11 is 8.72. The first kappa shape index (κ1) is 20.3. The molecule has 1 aliphatic rings. The number of aromatic nitrogens is 2. The second kappa shape index (κ2) is 9.24. The normalized spacial score (nSPS) is 16.7. The van der Waals surface area contributed by atoms with Gasteiger partial charge in [-0.1, -0.05) is 60.4 Å². The maximum absolute atomic E-state index is 12.8. The molecule has 1 unspecified atom stereocenters. The molecule has 150 valence electrons. The van der Waals surface area contributed by atoms with Gasteiger partial charge in [0.2, 0.25) is 0 Å². The molecule has 4 rings (SSSR count). The maximum Gasteiger partial charge on any atom is 0.253 e. The van der Waals surface area contributed by atoms with E-state index in [0.29, 0.717) is 9.87 Å². The molecule has 0 bridgehead atoms. The molecule has 2 aromatic carbocycles. The van der Waals surface area contributed by atoms with Crippen LogP contribution in [0.15, 0.2) is 58.9 Å². The number of rotatable bonds is 5. The van der Waals surface area contributed by atoms with E-state index in [1.54, 1.807) is 16.4 Å². The molecule has 7 heteroatoms. The standard InChI is InChI=1S/C22H23N3OS3/c1-16-6-5-13-24(14-16)20(26)18-9-11-19(12-10-18)25-22(27)29-21(23-25)28-15-17-7-3-2-4-8-17/h2-4,7-12,16H,5-6,13-15H2,1H3. The lowest BCUT2D eigenvalue weighted by molar-refractivity contribution is 0.0683. The summed E-state index contributed by atoms with van der Waals surface area (Å²) in [5.74, 6) is 1.56. The molecule has 3 aromatic rings. The summed E-state index contributed by atoms with van der Waals surface area (Å²) in [4.78, 5) is 14.7. The number of carbonyl (C=O) groups is 1. The zero-order chi connectivity index (χ0) is 20.2. The average Bonchev–Trinajstić information content (AvgIpc) is 3.13. The summed E-state index contributed by atoms with van der Waals surface area (Å²) in [6.45, 7) is 3.91. The minimum absolute atomic E-state index is 0.115. The molecule has 4 nitrogen and oxygen atoms in total. The summed E-state index contributed by atoms with van der Waals surface area (Å²) in [6, 6.07) is 18.0. The van der Waals surface area contributed by atoms with E-state index in [4.69, 9.17) is 12.2 Å². The van der Waals surface area contributed by atoms with Crippen LogP contribution in [0.25, 0.3) is 5.69 Å². The predicted octanol–water partition coefficient (Wildman–Crippen LogP) is 5.83. The summed E-state index contributed by atoms with van der Waals surface area (Å²) < 4.78 is 3.44. The van der Waals surface area contributed by atoms with Gasteiger partial charge in [-0.3, -0.25) is 4.79 Å². The Hall–Kier alpha value is -1.96. The molecule has 0 aliphatic carbocycles. The van der Waals surface area contributed by atoms with Gasteiger partial charge in [-0.15, -0.1) is 5.10 Å². The minimum Gasteiger partial charge on any atom is -0.338 e. The summed E-state index contributed by atoms with van der Waals surface area (Å²) in [5.41, 5.74) is 2.88. The summed E-state index contributed by atoms with van der Waals surface area (Å²) in [6.07, 6.45) is 2.29. The number of hydrogen-bond donors (Lipinski definition) is 0. The van der Waals surface area contributed by atoms with Gasteiger partial charge < -0.3 is 4.90 Å². The van der Waals surface area contributed by atoms with Gasteiger partial charge in [0.15, 0.2) is 8.29 Å². The number of thioether (sulfide) groups is 1. The predicted molar refractivity (Wildman–Crippen MR) is 123 cm³/mol. The van der Waals surface area contributed by atoms with E-state index in [0.717, 1.165) is 40.9 Å². The lowest BCUT2D eigenvalue weighted by Gasteiger charge is -2.31. The number of likely N-dealkylation sites (tertiary alicyclic amines) is 1. The quantitative estimate of drug-likeness (QED) is 0.369. The van der Waals surface area contributed by atoms with Crippen molar-refractivity contribution in [2.75, 3.05) is 13.1 Å². The highest BCUT2D eigenvalue weighted by molar-refractivity contribution is 8.00. The molecule has 29 heavy (non-hydrogen) atoms. The van der Waals surface area contributed by atoms with Crippen molar-refractivity contribution in [3.8, 4) is 5.69 Å². The van der Waals surface area contributed by atoms with Crippen molar-refractivity contribution in [1.82, 2.24) is 14.7 Å². The second-order valence-corrected chi connectivity index (χ2v) is 10.2. The third kappa shape index (κ3) is 4.97. The molecular weight excluding hydrogens is 418 g/mol. The molecular formula is C22H23N3OS3. The van der Waals surface area contributed by atoms with E-state index < -0.39 is 0 Å². The van der Waals surface area contributed by atoms with E-state index in [9.17, 15) is 4.79 Å². The molecule has 0 spiro atoms. The Morgan fingerprint density at radius 1 is 1.21 bits per heavy atom. The maximum atomic E-state index is 12.8. The number of nitrogens with zero attached hydrogens (tertiary/aromatic N) is 3. The molecule has 0 N–H and O–H groups in total. The van der Waals surface area contributed by atoms with Crippen LogP contribution in [0.4, 0.5) is 0 Å². The number of amides is 1. The van der Waals surface area contributed by atoms with Crippen LogP contribution in [0.2, 0.25) is 0 Å². The largest absolute Gasteiger partial charge is 0.338 e. The van der Waals surface area contributed by atoms with Crippen LogP contribution in [0.1, 0.15) is 35.7 Å². The Bertz CT molecular complexity index is 1030. The summed E-state index contributed by atoms with van der Waals surface area (Å²) in [7, 11) is 0. The highest BCUT2D eigenvalue weighted by Gasteiger charge is 2.22. The molecule has 0 radical (unpaired) electrons. The molecule has 1 aromatic heterocycles. The first-order valence-corrected chi connectivity index (χ1v) is 12.0. The zero-order valence-electron chi connectivity index (χ0n) is 16.3. The van der Waals surface area contributed by atoms with Crippen molar-refractivity contribution in [2.45, 2.75) is 29.9 Å². The van der Waals surface area contributed by atoms with E-state index >= 15 is 0 Å². The first-order chi connectivity index (χ1) is 14.1. The monoisotopic (exact) mass is 441 g/mol. The van der Waals surface area contributed by atoms with Crippen molar-refractivity contribution >= 4 is 41.2 Å². The Kier molecular flexibility index (Phi) is 6.47. The molecule has 1 amide bonds. The van der Waals surface area contributed by atoms with Gasteiger partial charge in [-0.05, 0) is 60.8 Å². The molecule has 1 saturated heterocycles. The van der Waals surface area contributed by atoms with Gasteiger partial charge >= 0.3 is 0 Å². The molecule has 1 atom stereocenters. The Balaban J connectivity index is 1.45. The number of hydrogen-bond acceptors (Lipinski definition) is 5. The topological polar surface area (TPSA) is 38.1 Å². The Morgan fingerprint density at radius 2 is 1.97 bits per heavy atom. The fraction of sp³-hybridized carbons (Fsp3) is 0.318. The van der Waals surface area contributed by atoms with Crippen molar-refractivity contribution in [1.29, 1.82) is 0 Å². The molecule has 2 heterocycles. The number of benzene rings is 2. The van der Waals surface area contributed by atoms with Crippen LogP contribution in [0.5, 0.6) is 0 Å². The molecule has 1 fully saturated rings. The first-order valence-electron chi connectivity index (χ1n) is 9.77. The minimum atomic E-state index is 0.115. The lowest BCUT2D eigenvalue weighted by atomic mass is 9.99.